The van der Waals surface area contributed by atoms with Crippen molar-refractivity contribution in [2.45, 2.75) is 12.5 Å². The van der Waals surface area contributed by atoms with Crippen molar-refractivity contribution in [2.24, 2.45) is 0 Å². The maximum atomic E-state index is 10.8. The summed E-state index contributed by atoms with van der Waals surface area (Å²) >= 11 is 0. The van der Waals surface area contributed by atoms with E-state index in [1.165, 1.54) is 0 Å². The summed E-state index contributed by atoms with van der Waals surface area (Å²) in [4.78, 5) is 24.9. The molecule has 0 saturated carbocycles. The molecule has 0 fully saturated rings. The zero-order valence-electron chi connectivity index (χ0n) is 7.92. The third-order valence-corrected chi connectivity index (χ3v) is 1.84. The van der Waals surface area contributed by atoms with E-state index in [9.17, 15) is 9.59 Å². The molecule has 1 rings (SSSR count). The average molecular weight is 209 g/mol. The maximum Gasteiger partial charge on any atom is 0.324 e. The van der Waals surface area contributed by atoms with Gasteiger partial charge in [0.05, 0.1) is 0 Å². The van der Waals surface area contributed by atoms with Crippen LogP contribution in [-0.4, -0.2) is 23.6 Å². The molecule has 0 aliphatic heterocycles. The van der Waals surface area contributed by atoms with E-state index < -0.39 is 12.0 Å². The number of benzene rings is 1. The van der Waals surface area contributed by atoms with Crippen LogP contribution in [0.15, 0.2) is 30.3 Å². The van der Waals surface area contributed by atoms with Crippen molar-refractivity contribution in [3.8, 4) is 0 Å². The van der Waals surface area contributed by atoms with E-state index >= 15 is 0 Å². The Morgan fingerprint density at radius 1 is 1.47 bits per heavy atom. The van der Waals surface area contributed by atoms with Crippen molar-refractivity contribution in [1.29, 1.82) is 0 Å². The van der Waals surface area contributed by atoms with E-state index in [4.69, 9.17) is 5.11 Å². The van der Waals surface area contributed by atoms with Crippen LogP contribution in [0.1, 0.15) is 5.56 Å². The van der Waals surface area contributed by atoms with Crippen molar-refractivity contribution in [3.63, 3.8) is 0 Å². The SMILES string of the molecule is O=CONC(Cc1ccccc1)C(=O)O. The second kappa shape index (κ2) is 5.77. The molecule has 1 aromatic rings. The molecule has 0 aliphatic carbocycles. The minimum Gasteiger partial charge on any atom is -0.480 e. The lowest BCUT2D eigenvalue weighted by atomic mass is 10.1. The van der Waals surface area contributed by atoms with E-state index in [1.54, 1.807) is 12.1 Å². The van der Waals surface area contributed by atoms with Gasteiger partial charge in [0.2, 0.25) is 0 Å². The summed E-state index contributed by atoms with van der Waals surface area (Å²) in [6.45, 7) is 0.154. The van der Waals surface area contributed by atoms with Crippen molar-refractivity contribution < 1.29 is 19.5 Å². The Hall–Kier alpha value is -1.88. The molecule has 1 atom stereocenters. The van der Waals surface area contributed by atoms with E-state index in [0.717, 1.165) is 5.56 Å². The van der Waals surface area contributed by atoms with Crippen molar-refractivity contribution in [1.82, 2.24) is 5.48 Å². The first-order valence-electron chi connectivity index (χ1n) is 4.35. The van der Waals surface area contributed by atoms with Crippen LogP contribution < -0.4 is 5.48 Å². The smallest absolute Gasteiger partial charge is 0.324 e. The number of rotatable bonds is 6. The second-order valence-electron chi connectivity index (χ2n) is 2.91. The molecule has 0 aromatic heterocycles. The normalized spacial score (nSPS) is 11.7. The molecule has 0 amide bonds. The molecule has 5 heteroatoms. The molecule has 0 spiro atoms. The van der Waals surface area contributed by atoms with Crippen molar-refractivity contribution in [2.75, 3.05) is 0 Å². The number of hydrogen-bond acceptors (Lipinski definition) is 4. The quantitative estimate of drug-likeness (QED) is 0.522. The van der Waals surface area contributed by atoms with E-state index in [-0.39, 0.29) is 12.9 Å². The molecule has 0 bridgehead atoms. The molecular formula is C10H11NO4. The molecular weight excluding hydrogens is 198 g/mol. The third kappa shape index (κ3) is 3.78. The third-order valence-electron chi connectivity index (χ3n) is 1.84. The van der Waals surface area contributed by atoms with Crippen LogP contribution in [0.4, 0.5) is 0 Å². The number of nitrogens with one attached hydrogen (secondary N) is 1. The van der Waals surface area contributed by atoms with Gasteiger partial charge in [-0.2, -0.15) is 0 Å². The number of aliphatic carboxylic acids is 1. The molecule has 0 saturated heterocycles. The monoisotopic (exact) mass is 209 g/mol. The fourth-order valence-corrected chi connectivity index (χ4v) is 1.14. The highest BCUT2D eigenvalue weighted by molar-refractivity contribution is 5.73. The van der Waals surface area contributed by atoms with Crippen molar-refractivity contribution in [3.05, 3.63) is 35.9 Å². The summed E-state index contributed by atoms with van der Waals surface area (Å²) in [6.07, 6.45) is 0.254. The van der Waals surface area contributed by atoms with Crippen LogP contribution in [0.3, 0.4) is 0 Å². The van der Waals surface area contributed by atoms with Crippen LogP contribution in [0, 0.1) is 0 Å². The number of carboxylic acids is 1. The zero-order valence-corrected chi connectivity index (χ0v) is 7.92. The van der Waals surface area contributed by atoms with E-state index in [1.807, 2.05) is 18.2 Å². The Balaban J connectivity index is 2.58. The standard InChI is InChI=1S/C10H11NO4/c12-7-15-11-9(10(13)14)6-8-4-2-1-3-5-8/h1-5,7,9,11H,6H2,(H,13,14). The molecule has 0 aliphatic rings. The number of carbonyl (C=O) groups is 2. The lowest BCUT2D eigenvalue weighted by molar-refractivity contribution is -0.148. The number of hydroxylamine groups is 1. The molecule has 2 N–H and O–H groups in total. The fraction of sp³-hybridized carbons (Fsp3) is 0.200. The predicted octanol–water partition coefficient (Wildman–Crippen LogP) is 0.360. The lowest BCUT2D eigenvalue weighted by Crippen LogP contribution is -2.38. The van der Waals surface area contributed by atoms with Crippen molar-refractivity contribution >= 4 is 12.4 Å². The van der Waals surface area contributed by atoms with Crippen LogP contribution in [0.2, 0.25) is 0 Å². The lowest BCUT2D eigenvalue weighted by Gasteiger charge is -2.11. The number of carbonyl (C=O) groups excluding carboxylic acids is 1. The molecule has 1 aromatic carbocycles. The highest BCUT2D eigenvalue weighted by atomic mass is 16.7. The van der Waals surface area contributed by atoms with Crippen LogP contribution >= 0.6 is 0 Å². The fourth-order valence-electron chi connectivity index (χ4n) is 1.14. The van der Waals surface area contributed by atoms with Crippen LogP contribution in [0.25, 0.3) is 0 Å². The van der Waals surface area contributed by atoms with Gasteiger partial charge in [-0.05, 0) is 5.56 Å². The Labute approximate surface area is 86.6 Å². The van der Waals surface area contributed by atoms with Gasteiger partial charge in [0.25, 0.3) is 0 Å². The summed E-state index contributed by atoms with van der Waals surface area (Å²) < 4.78 is 0. The molecule has 5 nitrogen and oxygen atoms in total. The molecule has 0 heterocycles. The molecule has 80 valence electrons. The summed E-state index contributed by atoms with van der Waals surface area (Å²) in [7, 11) is 0. The summed E-state index contributed by atoms with van der Waals surface area (Å²) in [5.74, 6) is -1.07. The maximum absolute atomic E-state index is 10.8. The minimum absolute atomic E-state index is 0.154. The highest BCUT2D eigenvalue weighted by Gasteiger charge is 2.17. The largest absolute Gasteiger partial charge is 0.480 e. The molecule has 0 radical (unpaired) electrons. The van der Waals surface area contributed by atoms with Gasteiger partial charge >= 0.3 is 12.4 Å². The van der Waals surface area contributed by atoms with Gasteiger partial charge in [0, 0.05) is 6.42 Å². The first kappa shape index (κ1) is 11.2. The van der Waals surface area contributed by atoms with Gasteiger partial charge in [-0.25, -0.2) is 0 Å². The zero-order chi connectivity index (χ0) is 11.1. The predicted molar refractivity (Wildman–Crippen MR) is 51.9 cm³/mol. The van der Waals surface area contributed by atoms with Gasteiger partial charge in [0.15, 0.2) is 0 Å². The average Bonchev–Trinajstić information content (AvgIpc) is 2.25. The summed E-state index contributed by atoms with van der Waals surface area (Å²) in [5, 5.41) is 8.80. The van der Waals surface area contributed by atoms with Gasteiger partial charge in [-0.3, -0.25) is 9.59 Å². The molecule has 15 heavy (non-hydrogen) atoms. The van der Waals surface area contributed by atoms with E-state index in [2.05, 4.69) is 10.3 Å². The Morgan fingerprint density at radius 3 is 2.67 bits per heavy atom. The number of carboxylic acid groups (broad SMARTS) is 1. The van der Waals surface area contributed by atoms with Gasteiger partial charge < -0.3 is 9.94 Å². The first-order valence-corrected chi connectivity index (χ1v) is 4.35. The Kier molecular flexibility index (Phi) is 4.30. The Morgan fingerprint density at radius 2 is 2.13 bits per heavy atom. The first-order chi connectivity index (χ1) is 7.24. The van der Waals surface area contributed by atoms with Gasteiger partial charge in [-0.1, -0.05) is 30.3 Å². The molecule has 1 unspecified atom stereocenters. The summed E-state index contributed by atoms with van der Waals surface area (Å²) in [5.41, 5.74) is 3.00. The summed E-state index contributed by atoms with van der Waals surface area (Å²) in [6, 6.07) is 8.15. The van der Waals surface area contributed by atoms with Crippen LogP contribution in [-0.2, 0) is 20.8 Å². The van der Waals surface area contributed by atoms with E-state index in [0.29, 0.717) is 0 Å². The highest BCUT2D eigenvalue weighted by Crippen LogP contribution is 2.03. The Bertz CT molecular complexity index is 325. The second-order valence-corrected chi connectivity index (χ2v) is 2.91. The topological polar surface area (TPSA) is 75.6 Å². The van der Waals surface area contributed by atoms with Crippen LogP contribution in [0.5, 0.6) is 0 Å². The number of hydrogen-bond donors (Lipinski definition) is 2. The minimum atomic E-state index is -1.07. The van der Waals surface area contributed by atoms with Gasteiger partial charge in [-0.15, -0.1) is 5.48 Å². The van der Waals surface area contributed by atoms with Gasteiger partial charge in [0.1, 0.15) is 6.04 Å².